The van der Waals surface area contributed by atoms with Gasteiger partial charge in [-0.05, 0) is 49.4 Å². The fraction of sp³-hybridized carbons (Fsp3) is 0.500. The molecule has 0 aliphatic heterocycles. The first kappa shape index (κ1) is 9.50. The number of hydrogen-bond donors (Lipinski definition) is 0. The molecular weight excluding hydrogens is 179 g/mol. The van der Waals surface area contributed by atoms with E-state index in [1.54, 1.807) is 14.0 Å². The minimum atomic E-state index is -1.15. The van der Waals surface area contributed by atoms with Gasteiger partial charge >= 0.3 is 0 Å². The van der Waals surface area contributed by atoms with Crippen molar-refractivity contribution < 1.29 is 9.13 Å². The number of fused-ring (bicyclic) bond motifs is 1. The van der Waals surface area contributed by atoms with Crippen LogP contribution in [-0.2, 0) is 12.1 Å². The maximum Gasteiger partial charge on any atom is 0.133 e. The molecule has 0 N–H and O–H groups in total. The van der Waals surface area contributed by atoms with Crippen LogP contribution < -0.4 is 4.74 Å². The molecule has 0 fully saturated rings. The van der Waals surface area contributed by atoms with E-state index in [4.69, 9.17) is 4.74 Å². The van der Waals surface area contributed by atoms with Crippen LogP contribution in [0.3, 0.4) is 0 Å². The molecule has 2 rings (SSSR count). The number of hydrogen-bond acceptors (Lipinski definition) is 1. The number of aryl methyl sites for hydroxylation is 1. The number of rotatable bonds is 1. The van der Waals surface area contributed by atoms with Crippen molar-refractivity contribution in [2.75, 3.05) is 7.11 Å². The number of ether oxygens (including phenoxy) is 1. The van der Waals surface area contributed by atoms with Crippen LogP contribution >= 0.6 is 0 Å². The fourth-order valence-electron chi connectivity index (χ4n) is 2.16. The third-order valence-corrected chi connectivity index (χ3v) is 2.97. The molecule has 0 radical (unpaired) electrons. The van der Waals surface area contributed by atoms with E-state index in [-0.39, 0.29) is 0 Å². The molecule has 76 valence electrons. The third kappa shape index (κ3) is 1.49. The number of halogens is 1. The average Bonchev–Trinajstić information content (AvgIpc) is 2.16. The van der Waals surface area contributed by atoms with E-state index in [0.717, 1.165) is 29.7 Å². The molecule has 0 amide bonds. The highest BCUT2D eigenvalue weighted by Gasteiger charge is 2.31. The maximum absolute atomic E-state index is 14.1. The highest BCUT2D eigenvalue weighted by atomic mass is 19.1. The minimum absolute atomic E-state index is 0.631. The Kier molecular flexibility index (Phi) is 2.22. The first-order chi connectivity index (χ1) is 6.63. The molecule has 1 nitrogen and oxygen atoms in total. The molecule has 0 bridgehead atoms. The van der Waals surface area contributed by atoms with Crippen molar-refractivity contribution in [1.29, 1.82) is 0 Å². The average molecular weight is 194 g/mol. The summed E-state index contributed by atoms with van der Waals surface area (Å²) in [6, 6.07) is 5.64. The van der Waals surface area contributed by atoms with Gasteiger partial charge in [-0.2, -0.15) is 0 Å². The van der Waals surface area contributed by atoms with Crippen LogP contribution in [0.5, 0.6) is 5.75 Å². The summed E-state index contributed by atoms with van der Waals surface area (Å²) in [4.78, 5) is 0. The van der Waals surface area contributed by atoms with Gasteiger partial charge in [0.05, 0.1) is 7.11 Å². The van der Waals surface area contributed by atoms with Crippen molar-refractivity contribution in [3.8, 4) is 5.75 Å². The van der Waals surface area contributed by atoms with Gasteiger partial charge in [-0.25, -0.2) is 4.39 Å². The minimum Gasteiger partial charge on any atom is -0.497 e. The van der Waals surface area contributed by atoms with Gasteiger partial charge in [0.15, 0.2) is 0 Å². The van der Waals surface area contributed by atoms with Crippen LogP contribution in [0.4, 0.5) is 4.39 Å². The van der Waals surface area contributed by atoms with Gasteiger partial charge in [0, 0.05) is 0 Å². The van der Waals surface area contributed by atoms with Gasteiger partial charge in [-0.1, -0.05) is 6.07 Å². The van der Waals surface area contributed by atoms with Crippen LogP contribution in [0, 0.1) is 0 Å². The lowest BCUT2D eigenvalue weighted by Crippen LogP contribution is -2.22. The van der Waals surface area contributed by atoms with Gasteiger partial charge in [0.25, 0.3) is 0 Å². The highest BCUT2D eigenvalue weighted by Crippen LogP contribution is 2.39. The van der Waals surface area contributed by atoms with E-state index in [1.807, 2.05) is 18.2 Å². The molecule has 1 aromatic rings. The highest BCUT2D eigenvalue weighted by molar-refractivity contribution is 5.40. The van der Waals surface area contributed by atoms with E-state index in [9.17, 15) is 4.39 Å². The number of alkyl halides is 1. The summed E-state index contributed by atoms with van der Waals surface area (Å²) < 4.78 is 19.2. The second kappa shape index (κ2) is 3.26. The third-order valence-electron chi connectivity index (χ3n) is 2.97. The second-order valence-corrected chi connectivity index (χ2v) is 4.07. The van der Waals surface area contributed by atoms with Crippen molar-refractivity contribution in [1.82, 2.24) is 0 Å². The molecule has 0 heterocycles. The predicted octanol–water partition coefficient (Wildman–Crippen LogP) is 3.22. The standard InChI is InChI=1S/C12H15FO/c1-12(13)7-3-4-9-8-10(14-2)5-6-11(9)12/h5-6,8H,3-4,7H2,1-2H3. The topological polar surface area (TPSA) is 9.23 Å². The Hall–Kier alpha value is -1.05. The molecule has 1 atom stereocenters. The Morgan fingerprint density at radius 1 is 1.43 bits per heavy atom. The summed E-state index contributed by atoms with van der Waals surface area (Å²) in [6.07, 6.45) is 2.52. The first-order valence-electron chi connectivity index (χ1n) is 5.00. The Balaban J connectivity index is 2.46. The smallest absolute Gasteiger partial charge is 0.133 e. The molecule has 14 heavy (non-hydrogen) atoms. The van der Waals surface area contributed by atoms with E-state index in [2.05, 4.69) is 0 Å². The molecule has 2 heteroatoms. The zero-order valence-electron chi connectivity index (χ0n) is 8.64. The second-order valence-electron chi connectivity index (χ2n) is 4.07. The largest absolute Gasteiger partial charge is 0.497 e. The maximum atomic E-state index is 14.1. The van der Waals surface area contributed by atoms with Gasteiger partial charge < -0.3 is 4.74 Å². The van der Waals surface area contributed by atoms with E-state index < -0.39 is 5.67 Å². The molecule has 1 aliphatic rings. The van der Waals surface area contributed by atoms with E-state index in [0.29, 0.717) is 6.42 Å². The summed E-state index contributed by atoms with van der Waals surface area (Å²) in [5, 5.41) is 0. The SMILES string of the molecule is COc1ccc2c(c1)CCCC2(C)F. The van der Waals surface area contributed by atoms with Crippen LogP contribution in [0.15, 0.2) is 18.2 Å². The first-order valence-corrected chi connectivity index (χ1v) is 5.00. The van der Waals surface area contributed by atoms with Gasteiger partial charge in [0.1, 0.15) is 11.4 Å². The lowest BCUT2D eigenvalue weighted by Gasteiger charge is -2.28. The van der Waals surface area contributed by atoms with Crippen LogP contribution in [0.1, 0.15) is 30.9 Å². The van der Waals surface area contributed by atoms with Crippen LogP contribution in [0.25, 0.3) is 0 Å². The fourth-order valence-corrected chi connectivity index (χ4v) is 2.16. The summed E-state index contributed by atoms with van der Waals surface area (Å²) in [5.74, 6) is 0.821. The molecule has 0 spiro atoms. The van der Waals surface area contributed by atoms with Crippen molar-refractivity contribution >= 4 is 0 Å². The van der Waals surface area contributed by atoms with Gasteiger partial charge in [-0.15, -0.1) is 0 Å². The van der Waals surface area contributed by atoms with E-state index >= 15 is 0 Å². The van der Waals surface area contributed by atoms with Gasteiger partial charge in [0.2, 0.25) is 0 Å². The molecule has 1 unspecified atom stereocenters. The molecule has 0 saturated heterocycles. The molecule has 0 saturated carbocycles. The Bertz CT molecular complexity index is 344. The number of benzene rings is 1. The van der Waals surface area contributed by atoms with Crippen molar-refractivity contribution in [2.24, 2.45) is 0 Å². The Labute approximate surface area is 83.9 Å². The number of methoxy groups -OCH3 is 1. The van der Waals surface area contributed by atoms with Gasteiger partial charge in [-0.3, -0.25) is 0 Å². The Morgan fingerprint density at radius 3 is 2.93 bits per heavy atom. The monoisotopic (exact) mass is 194 g/mol. The van der Waals surface area contributed by atoms with Crippen molar-refractivity contribution in [3.63, 3.8) is 0 Å². The van der Waals surface area contributed by atoms with Crippen molar-refractivity contribution in [2.45, 2.75) is 31.9 Å². The normalized spacial score (nSPS) is 25.6. The summed E-state index contributed by atoms with van der Waals surface area (Å²) in [6.45, 7) is 1.66. The summed E-state index contributed by atoms with van der Waals surface area (Å²) in [5.41, 5.74) is 0.782. The molecular formula is C12H15FO. The molecule has 1 aliphatic carbocycles. The van der Waals surface area contributed by atoms with E-state index in [1.165, 1.54) is 0 Å². The quantitative estimate of drug-likeness (QED) is 0.667. The molecule has 1 aromatic carbocycles. The van der Waals surface area contributed by atoms with Crippen molar-refractivity contribution in [3.05, 3.63) is 29.3 Å². The predicted molar refractivity (Wildman–Crippen MR) is 54.4 cm³/mol. The van der Waals surface area contributed by atoms with Crippen LogP contribution in [0.2, 0.25) is 0 Å². The zero-order valence-corrected chi connectivity index (χ0v) is 8.64. The van der Waals surface area contributed by atoms with Crippen LogP contribution in [-0.4, -0.2) is 7.11 Å². The summed E-state index contributed by atoms with van der Waals surface area (Å²) in [7, 11) is 1.64. The Morgan fingerprint density at radius 2 is 2.21 bits per heavy atom. The lowest BCUT2D eigenvalue weighted by atomic mass is 9.82. The summed E-state index contributed by atoms with van der Waals surface area (Å²) >= 11 is 0. The zero-order chi connectivity index (χ0) is 10.2. The lowest BCUT2D eigenvalue weighted by molar-refractivity contribution is 0.162. The molecule has 0 aromatic heterocycles.